The van der Waals surface area contributed by atoms with Crippen LogP contribution in [0.4, 0.5) is 4.79 Å². The van der Waals surface area contributed by atoms with Crippen LogP contribution < -0.4 is 4.74 Å². The summed E-state index contributed by atoms with van der Waals surface area (Å²) >= 11 is 0. The molecule has 6 nitrogen and oxygen atoms in total. The highest BCUT2D eigenvalue weighted by Crippen LogP contribution is 2.33. The summed E-state index contributed by atoms with van der Waals surface area (Å²) in [5, 5.41) is 18.1. The molecule has 138 valence electrons. The van der Waals surface area contributed by atoms with Crippen LogP contribution in [0.1, 0.15) is 45.6 Å². The van der Waals surface area contributed by atoms with Gasteiger partial charge in [-0.2, -0.15) is 0 Å². The minimum atomic E-state index is -0.874. The summed E-state index contributed by atoms with van der Waals surface area (Å²) in [7, 11) is 0. The summed E-state index contributed by atoms with van der Waals surface area (Å²) in [5.74, 6) is -0.0701. The first kappa shape index (κ1) is 19.1. The van der Waals surface area contributed by atoms with Crippen molar-refractivity contribution in [2.45, 2.75) is 58.6 Å². The van der Waals surface area contributed by atoms with Crippen molar-refractivity contribution in [2.24, 2.45) is 5.41 Å². The summed E-state index contributed by atoms with van der Waals surface area (Å²) in [5.41, 5.74) is 0.809. The lowest BCUT2D eigenvalue weighted by Gasteiger charge is -2.44. The number of carboxylic acids is 1. The second-order valence-corrected chi connectivity index (χ2v) is 7.66. The number of carboxylic acid groups (broad SMARTS) is 2. The number of rotatable bonds is 5. The summed E-state index contributed by atoms with van der Waals surface area (Å²) < 4.78 is 6.05. The van der Waals surface area contributed by atoms with Gasteiger partial charge in [-0.1, -0.05) is 32.9 Å². The maximum absolute atomic E-state index is 11.5. The quantitative estimate of drug-likeness (QED) is 0.847. The highest BCUT2D eigenvalue weighted by molar-refractivity contribution is 5.67. The predicted molar refractivity (Wildman–Crippen MR) is 94.0 cm³/mol. The molecule has 0 aliphatic carbocycles. The van der Waals surface area contributed by atoms with Crippen molar-refractivity contribution < 1.29 is 24.5 Å². The molecule has 2 rings (SSSR count). The zero-order valence-corrected chi connectivity index (χ0v) is 15.1. The number of nitrogens with zero attached hydrogens (tertiary/aromatic N) is 1. The van der Waals surface area contributed by atoms with E-state index in [9.17, 15) is 14.7 Å². The third-order valence-electron chi connectivity index (χ3n) is 4.65. The number of aryl methyl sites for hydroxylation is 1. The number of carbonyl (C=O) groups is 2. The molecular formula is C19H27NO5. The zero-order chi connectivity index (χ0) is 18.6. The van der Waals surface area contributed by atoms with Crippen LogP contribution in [-0.4, -0.2) is 45.9 Å². The van der Waals surface area contributed by atoms with Crippen molar-refractivity contribution >= 4 is 12.1 Å². The second kappa shape index (κ2) is 7.76. The Morgan fingerprint density at radius 2 is 1.84 bits per heavy atom. The number of hydrogen-bond donors (Lipinski definition) is 2. The molecule has 0 saturated carbocycles. The molecule has 1 aliphatic rings. The van der Waals surface area contributed by atoms with Crippen LogP contribution in [0.3, 0.4) is 0 Å². The summed E-state index contributed by atoms with van der Waals surface area (Å²) in [4.78, 5) is 23.6. The van der Waals surface area contributed by atoms with Crippen molar-refractivity contribution in [2.75, 3.05) is 6.54 Å². The van der Waals surface area contributed by atoms with Crippen LogP contribution in [0.15, 0.2) is 24.3 Å². The minimum absolute atomic E-state index is 0.0234. The van der Waals surface area contributed by atoms with Crippen LogP contribution in [0.2, 0.25) is 0 Å². The molecule has 2 atom stereocenters. The molecular weight excluding hydrogens is 322 g/mol. The number of hydrogen-bond acceptors (Lipinski definition) is 3. The van der Waals surface area contributed by atoms with Crippen LogP contribution in [0.5, 0.6) is 5.75 Å². The Balaban J connectivity index is 1.98. The van der Waals surface area contributed by atoms with Crippen LogP contribution in [0.25, 0.3) is 0 Å². The van der Waals surface area contributed by atoms with Crippen LogP contribution in [0, 0.1) is 5.41 Å². The Morgan fingerprint density at radius 3 is 2.36 bits per heavy atom. The fraction of sp³-hybridized carbons (Fsp3) is 0.579. The predicted octanol–water partition coefficient (Wildman–Crippen LogP) is 3.64. The maximum atomic E-state index is 11.5. The highest BCUT2D eigenvalue weighted by Gasteiger charge is 2.39. The van der Waals surface area contributed by atoms with Gasteiger partial charge in [-0.15, -0.1) is 0 Å². The van der Waals surface area contributed by atoms with Crippen molar-refractivity contribution in [3.05, 3.63) is 29.8 Å². The van der Waals surface area contributed by atoms with Crippen LogP contribution in [-0.2, 0) is 11.2 Å². The van der Waals surface area contributed by atoms with Gasteiger partial charge in [0, 0.05) is 31.8 Å². The van der Waals surface area contributed by atoms with Gasteiger partial charge in [0.25, 0.3) is 0 Å². The average Bonchev–Trinajstić information content (AvgIpc) is 2.53. The number of benzene rings is 1. The maximum Gasteiger partial charge on any atom is 0.407 e. The SMILES string of the molecule is CC(C)(C)C1CC(Oc2ccc(CCC(=O)O)cc2)CCN1C(=O)O. The molecule has 2 unspecified atom stereocenters. The zero-order valence-electron chi connectivity index (χ0n) is 15.1. The molecule has 1 heterocycles. The van der Waals surface area contributed by atoms with Crippen LogP contribution >= 0.6 is 0 Å². The van der Waals surface area contributed by atoms with E-state index in [1.807, 2.05) is 45.0 Å². The molecule has 1 fully saturated rings. The van der Waals surface area contributed by atoms with Crippen molar-refractivity contribution in [3.63, 3.8) is 0 Å². The topological polar surface area (TPSA) is 87.1 Å². The Labute approximate surface area is 148 Å². The number of piperidine rings is 1. The van der Waals surface area contributed by atoms with Gasteiger partial charge >= 0.3 is 12.1 Å². The summed E-state index contributed by atoms with van der Waals surface area (Å²) in [6.07, 6.45) is 1.04. The third-order valence-corrected chi connectivity index (χ3v) is 4.65. The molecule has 1 aromatic carbocycles. The van der Waals surface area contributed by atoms with E-state index in [0.29, 0.717) is 25.8 Å². The molecule has 1 aromatic rings. The molecule has 25 heavy (non-hydrogen) atoms. The Morgan fingerprint density at radius 1 is 1.20 bits per heavy atom. The lowest BCUT2D eigenvalue weighted by molar-refractivity contribution is -0.136. The first-order valence-electron chi connectivity index (χ1n) is 8.64. The molecule has 0 bridgehead atoms. The fourth-order valence-corrected chi connectivity index (χ4v) is 3.27. The molecule has 0 spiro atoms. The second-order valence-electron chi connectivity index (χ2n) is 7.66. The van der Waals surface area contributed by atoms with Gasteiger partial charge in [0.05, 0.1) is 0 Å². The van der Waals surface area contributed by atoms with Gasteiger partial charge in [-0.3, -0.25) is 4.79 Å². The van der Waals surface area contributed by atoms with E-state index in [1.54, 1.807) is 0 Å². The van der Waals surface area contributed by atoms with E-state index in [4.69, 9.17) is 9.84 Å². The summed E-state index contributed by atoms with van der Waals surface area (Å²) in [6, 6.07) is 7.39. The van der Waals surface area contributed by atoms with E-state index in [1.165, 1.54) is 4.90 Å². The molecule has 1 aliphatic heterocycles. The lowest BCUT2D eigenvalue weighted by Crippen LogP contribution is -2.53. The van der Waals surface area contributed by atoms with Gasteiger partial charge in [0.2, 0.25) is 0 Å². The van der Waals surface area contributed by atoms with E-state index >= 15 is 0 Å². The standard InChI is InChI=1S/C19H27NO5/c1-19(2,3)16-12-15(10-11-20(16)18(23)24)25-14-7-4-13(5-8-14)6-9-17(21)22/h4-5,7-8,15-16H,6,9-12H2,1-3H3,(H,21,22)(H,23,24). The van der Waals surface area contributed by atoms with E-state index in [0.717, 1.165) is 11.3 Å². The first-order valence-corrected chi connectivity index (χ1v) is 8.64. The van der Waals surface area contributed by atoms with Crippen molar-refractivity contribution in [1.82, 2.24) is 4.90 Å². The Kier molecular flexibility index (Phi) is 5.93. The molecule has 0 radical (unpaired) electrons. The number of aliphatic carboxylic acids is 1. The van der Waals surface area contributed by atoms with Crippen molar-refractivity contribution in [3.8, 4) is 5.75 Å². The highest BCUT2D eigenvalue weighted by atomic mass is 16.5. The fourth-order valence-electron chi connectivity index (χ4n) is 3.27. The summed E-state index contributed by atoms with van der Waals surface area (Å²) in [6.45, 7) is 6.62. The Hall–Kier alpha value is -2.24. The largest absolute Gasteiger partial charge is 0.490 e. The minimum Gasteiger partial charge on any atom is -0.490 e. The van der Waals surface area contributed by atoms with Gasteiger partial charge in [0.15, 0.2) is 0 Å². The van der Waals surface area contributed by atoms with Crippen molar-refractivity contribution in [1.29, 1.82) is 0 Å². The van der Waals surface area contributed by atoms with Gasteiger partial charge in [-0.25, -0.2) is 4.79 Å². The third kappa shape index (κ3) is 5.37. The van der Waals surface area contributed by atoms with Gasteiger partial charge in [-0.05, 0) is 29.5 Å². The van der Waals surface area contributed by atoms with E-state index < -0.39 is 12.1 Å². The molecule has 1 saturated heterocycles. The number of amides is 1. The van der Waals surface area contributed by atoms with Gasteiger partial charge in [0.1, 0.15) is 11.9 Å². The average molecular weight is 349 g/mol. The van der Waals surface area contributed by atoms with E-state index in [-0.39, 0.29) is 24.0 Å². The number of likely N-dealkylation sites (tertiary alicyclic amines) is 1. The number of ether oxygens (including phenoxy) is 1. The van der Waals surface area contributed by atoms with E-state index in [2.05, 4.69) is 0 Å². The molecule has 0 aromatic heterocycles. The first-order chi connectivity index (χ1) is 11.7. The smallest absolute Gasteiger partial charge is 0.407 e. The van der Waals surface area contributed by atoms with Gasteiger partial charge < -0.3 is 19.8 Å². The molecule has 6 heteroatoms. The monoisotopic (exact) mass is 349 g/mol. The normalized spacial score (nSPS) is 21.0. The molecule has 1 amide bonds. The Bertz CT molecular complexity index is 605. The lowest BCUT2D eigenvalue weighted by atomic mass is 9.80. The molecule has 2 N–H and O–H groups in total.